The minimum Gasteiger partial charge on any atom is -0.543 e. The largest absolute Gasteiger partial charge is 3.00 e. The zero-order valence-corrected chi connectivity index (χ0v) is 43.8. The molecule has 0 amide bonds. The molecule has 6 aromatic rings. The topological polar surface area (TPSA) is 438 Å². The average Bonchev–Trinajstić information content (AvgIpc) is 3.44. The maximum atomic E-state index is 10.8. The SMILES string of the molecule is O=C(O)COc1ccc(C#Cc2ccnc(C(=O)[O-])c2)c(OCC(=O)O)c1.O=C(O)COc1ccc(C#Cc2ccnc(C(=O)[O-])c2)c(OCC(=O)O)c1.O=C(O)COc1ccc(C#Cc2ccnc(C(=O)[O-])c2)c(OCC(=O)O)c1.[Eu+3]. The summed E-state index contributed by atoms with van der Waals surface area (Å²) in [6.45, 7) is -3.64. The van der Waals surface area contributed by atoms with Crippen LogP contribution >= 0.6 is 0 Å². The van der Waals surface area contributed by atoms with Gasteiger partial charge < -0.3 is 88.8 Å². The number of pyridine rings is 3. The van der Waals surface area contributed by atoms with Gasteiger partial charge in [-0.3, -0.25) is 15.0 Å². The van der Waals surface area contributed by atoms with Crippen LogP contribution in [0.2, 0.25) is 0 Å². The summed E-state index contributed by atoms with van der Waals surface area (Å²) in [6.07, 6.45) is 3.79. The van der Waals surface area contributed by atoms with Crippen molar-refractivity contribution in [1.29, 1.82) is 0 Å². The smallest absolute Gasteiger partial charge is 0.543 e. The van der Waals surface area contributed by atoms with Crippen molar-refractivity contribution in [3.63, 3.8) is 0 Å². The molecular weight excluding hydrogens is 1230 g/mol. The number of benzene rings is 3. The Kier molecular flexibility index (Phi) is 26.9. The van der Waals surface area contributed by atoms with Crippen molar-refractivity contribution in [2.75, 3.05) is 39.6 Å². The Morgan fingerprint density at radius 3 is 0.793 bits per heavy atom. The van der Waals surface area contributed by atoms with Gasteiger partial charge in [0.05, 0.1) is 51.7 Å². The van der Waals surface area contributed by atoms with E-state index in [2.05, 4.69) is 50.5 Å². The molecule has 6 N–H and O–H groups in total. The van der Waals surface area contributed by atoms with E-state index in [0.717, 1.165) is 0 Å². The number of hydrogen-bond donors (Lipinski definition) is 6. The van der Waals surface area contributed by atoms with Crippen LogP contribution in [0.4, 0.5) is 0 Å². The van der Waals surface area contributed by atoms with Gasteiger partial charge in [-0.05, 0) is 72.8 Å². The third-order valence-corrected chi connectivity index (χ3v) is 8.93. The fourth-order valence-corrected chi connectivity index (χ4v) is 5.58. The molecule has 0 unspecified atom stereocenters. The monoisotopic (exact) mass is 1260 g/mol. The summed E-state index contributed by atoms with van der Waals surface area (Å²) in [7, 11) is 0. The molecule has 3 heterocycles. The molecule has 0 radical (unpaired) electrons. The number of aliphatic carboxylic acids is 6. The van der Waals surface area contributed by atoms with Gasteiger partial charge in [0, 0.05) is 53.5 Å². The molecule has 0 aliphatic heterocycles. The van der Waals surface area contributed by atoms with Crippen molar-refractivity contribution < 1.29 is 167 Å². The Morgan fingerprint density at radius 2 is 0.573 bits per heavy atom. The Hall–Kier alpha value is -10.6. The van der Waals surface area contributed by atoms with Crippen molar-refractivity contribution in [3.8, 4) is 70.0 Å². The number of carboxylic acids is 9. The van der Waals surface area contributed by atoms with E-state index in [1.54, 1.807) is 0 Å². The van der Waals surface area contributed by atoms with Gasteiger partial charge in [-0.2, -0.15) is 0 Å². The minimum atomic E-state index is -1.44. The van der Waals surface area contributed by atoms with Crippen molar-refractivity contribution in [3.05, 3.63) is 160 Å². The maximum absolute atomic E-state index is 10.8. The van der Waals surface area contributed by atoms with E-state index in [1.165, 1.54) is 110 Å². The normalized spacial score (nSPS) is 9.51. The standard InChI is InChI=1S/3C18H13NO8.Eu/c3*20-16(21)9-26-13-4-3-12(15(8-13)27-10-17(22)23)2-1-11-5-6-19-14(7-11)18(24)25;/h3*3-8H,9-10H2,(H,20,21)(H,22,23)(H,24,25);/q;;;+3/p-3. The van der Waals surface area contributed by atoms with Crippen LogP contribution in [0.5, 0.6) is 34.5 Å². The molecule has 0 fully saturated rings. The molecule has 82 heavy (non-hydrogen) atoms. The van der Waals surface area contributed by atoms with E-state index in [-0.39, 0.29) is 101 Å². The van der Waals surface area contributed by atoms with Crippen molar-refractivity contribution in [2.24, 2.45) is 0 Å². The van der Waals surface area contributed by atoms with Gasteiger partial charge in [-0.15, -0.1) is 0 Å². The van der Waals surface area contributed by atoms with Gasteiger partial charge in [-0.1, -0.05) is 35.5 Å². The summed E-state index contributed by atoms with van der Waals surface area (Å²) in [5, 5.41) is 84.7. The van der Waals surface area contributed by atoms with Crippen molar-refractivity contribution in [1.82, 2.24) is 15.0 Å². The summed E-state index contributed by atoms with van der Waals surface area (Å²) < 4.78 is 30.5. The third-order valence-electron chi connectivity index (χ3n) is 8.93. The zero-order valence-electron chi connectivity index (χ0n) is 41.4. The summed E-state index contributed by atoms with van der Waals surface area (Å²) in [6, 6.07) is 20.8. The second-order valence-electron chi connectivity index (χ2n) is 15.0. The van der Waals surface area contributed by atoms with E-state index in [4.69, 9.17) is 59.1 Å². The van der Waals surface area contributed by atoms with Crippen LogP contribution in [0, 0.1) is 84.9 Å². The van der Waals surface area contributed by atoms with E-state index in [1.807, 2.05) is 0 Å². The number of carboxylic acid groups (broad SMARTS) is 9. The molecule has 418 valence electrons. The molecule has 27 nitrogen and oxygen atoms in total. The Balaban J connectivity index is 0.000000321. The van der Waals surface area contributed by atoms with E-state index >= 15 is 0 Å². The number of aromatic carboxylic acids is 3. The number of ether oxygens (including phenoxy) is 6. The molecule has 0 saturated heterocycles. The third kappa shape index (κ3) is 24.4. The van der Waals surface area contributed by atoms with Crippen molar-refractivity contribution in [2.45, 2.75) is 0 Å². The Morgan fingerprint density at radius 1 is 0.341 bits per heavy atom. The van der Waals surface area contributed by atoms with E-state index in [9.17, 15) is 58.5 Å². The first-order valence-electron chi connectivity index (χ1n) is 22.1. The van der Waals surface area contributed by atoms with Crippen LogP contribution in [0.1, 0.15) is 64.8 Å². The van der Waals surface area contributed by atoms with Gasteiger partial charge >= 0.3 is 85.2 Å². The van der Waals surface area contributed by atoms with Crippen LogP contribution in [0.15, 0.2) is 110 Å². The van der Waals surface area contributed by atoms with Crippen LogP contribution in [0.25, 0.3) is 0 Å². The number of aromatic nitrogens is 3. The van der Waals surface area contributed by atoms with Crippen LogP contribution in [0.3, 0.4) is 0 Å². The number of carbonyl (C=O) groups is 9. The molecular formula is C54H36EuN3O24. The van der Waals surface area contributed by atoms with Crippen LogP contribution < -0.4 is 43.7 Å². The number of nitrogens with zero attached hydrogens (tertiary/aromatic N) is 3. The molecule has 3 aromatic carbocycles. The fourth-order valence-electron chi connectivity index (χ4n) is 5.58. The fraction of sp³-hybridized carbons (Fsp3) is 0.111. The van der Waals surface area contributed by atoms with E-state index < -0.39 is 93.4 Å². The molecule has 0 bridgehead atoms. The second kappa shape index (κ2) is 33.6. The number of rotatable bonds is 21. The zero-order chi connectivity index (χ0) is 59.4. The quantitative estimate of drug-likeness (QED) is 0.0486. The van der Waals surface area contributed by atoms with Gasteiger partial charge in [0.25, 0.3) is 0 Å². The summed E-state index contributed by atoms with van der Waals surface area (Å²) >= 11 is 0. The maximum Gasteiger partial charge on any atom is 3.00 e. The molecule has 0 atom stereocenters. The Bertz CT molecular complexity index is 3200. The number of carbonyl (C=O) groups excluding carboxylic acids is 3. The molecule has 0 spiro atoms. The van der Waals surface area contributed by atoms with Crippen LogP contribution in [-0.2, 0) is 28.8 Å². The molecule has 6 rings (SSSR count). The minimum absolute atomic E-state index is 0. The first-order chi connectivity index (χ1) is 38.5. The van der Waals surface area contributed by atoms with Crippen molar-refractivity contribution >= 4 is 53.7 Å². The van der Waals surface area contributed by atoms with Gasteiger partial charge in [0.2, 0.25) is 0 Å². The van der Waals surface area contributed by atoms with Gasteiger partial charge in [0.15, 0.2) is 39.6 Å². The van der Waals surface area contributed by atoms with E-state index in [0.29, 0.717) is 33.4 Å². The molecule has 0 aliphatic carbocycles. The second-order valence-corrected chi connectivity index (χ2v) is 15.0. The average molecular weight is 1260 g/mol. The summed E-state index contributed by atoms with van der Waals surface area (Å²) in [5.74, 6) is 5.54. The molecule has 28 heteroatoms. The predicted octanol–water partition coefficient (Wildman–Crippen LogP) is -0.685. The number of hydrogen-bond acceptors (Lipinski definition) is 21. The van der Waals surface area contributed by atoms with Gasteiger partial charge in [0.1, 0.15) is 34.5 Å². The molecule has 0 saturated carbocycles. The predicted molar refractivity (Wildman–Crippen MR) is 262 cm³/mol. The first-order valence-corrected chi connectivity index (χ1v) is 22.1. The van der Waals surface area contributed by atoms with Gasteiger partial charge in [-0.25, -0.2) is 28.8 Å². The first kappa shape index (κ1) is 65.7. The molecule has 0 aliphatic rings. The molecule has 3 aromatic heterocycles. The summed E-state index contributed by atoms with van der Waals surface area (Å²) in [4.78, 5) is 107. The Labute approximate surface area is 501 Å². The summed E-state index contributed by atoms with van der Waals surface area (Å²) in [5.41, 5.74) is 1.10. The van der Waals surface area contributed by atoms with Crippen LogP contribution in [-0.4, -0.2) is 139 Å².